The van der Waals surface area contributed by atoms with Crippen LogP contribution in [0.4, 0.5) is 0 Å². The van der Waals surface area contributed by atoms with Gasteiger partial charge in [-0.25, -0.2) is 0 Å². The molecule has 0 spiro atoms. The zero-order valence-corrected chi connectivity index (χ0v) is 11.0. The first-order valence-electron chi connectivity index (χ1n) is 4.64. The molecule has 0 aliphatic heterocycles. The van der Waals surface area contributed by atoms with Gasteiger partial charge in [-0.1, -0.05) is 28.1 Å². The zero-order chi connectivity index (χ0) is 11.4. The topological polar surface area (TPSA) is 20.3 Å². The van der Waals surface area contributed by atoms with Crippen molar-refractivity contribution in [1.82, 2.24) is 4.90 Å². The van der Waals surface area contributed by atoms with Crippen LogP contribution in [0.15, 0.2) is 28.7 Å². The summed E-state index contributed by atoms with van der Waals surface area (Å²) in [5.74, 6) is -0.0559. The van der Waals surface area contributed by atoms with E-state index in [4.69, 9.17) is 11.6 Å². The lowest BCUT2D eigenvalue weighted by molar-refractivity contribution is -0.129. The Kier molecular flexibility index (Phi) is 4.61. The first-order valence-corrected chi connectivity index (χ1v) is 5.87. The largest absolute Gasteiger partial charge is 0.340 e. The molecule has 0 saturated carbocycles. The highest BCUT2D eigenvalue weighted by Crippen LogP contribution is 2.12. The van der Waals surface area contributed by atoms with Crippen molar-refractivity contribution < 1.29 is 4.79 Å². The summed E-state index contributed by atoms with van der Waals surface area (Å²) in [6.07, 6.45) is 0. The maximum absolute atomic E-state index is 11.5. The second kappa shape index (κ2) is 5.52. The number of benzene rings is 1. The number of rotatable bonds is 3. The van der Waals surface area contributed by atoms with Crippen molar-refractivity contribution in [1.29, 1.82) is 0 Å². The second-order valence-electron chi connectivity index (χ2n) is 3.44. The van der Waals surface area contributed by atoms with E-state index in [2.05, 4.69) is 15.9 Å². The van der Waals surface area contributed by atoms with Crippen molar-refractivity contribution in [2.45, 2.75) is 18.8 Å². The summed E-state index contributed by atoms with van der Waals surface area (Å²) < 4.78 is 1.03. The van der Waals surface area contributed by atoms with Crippen LogP contribution in [0.2, 0.25) is 0 Å². The fourth-order valence-corrected chi connectivity index (χ4v) is 1.68. The van der Waals surface area contributed by atoms with Gasteiger partial charge in [0.1, 0.15) is 5.38 Å². The predicted molar refractivity (Wildman–Crippen MR) is 65.9 cm³/mol. The number of amides is 1. The van der Waals surface area contributed by atoms with Gasteiger partial charge in [0, 0.05) is 18.1 Å². The number of carbonyl (C=O) groups is 1. The predicted octanol–water partition coefficient (Wildman–Crippen LogP) is 3.03. The molecule has 0 fully saturated rings. The SMILES string of the molecule is C[C@@H](Cl)C(=O)N(C)Cc1ccc(Br)cc1. The molecule has 1 atom stereocenters. The Bertz CT molecular complexity index is 337. The van der Waals surface area contributed by atoms with Crippen molar-refractivity contribution in [3.63, 3.8) is 0 Å². The van der Waals surface area contributed by atoms with Gasteiger partial charge in [-0.15, -0.1) is 11.6 Å². The highest BCUT2D eigenvalue weighted by molar-refractivity contribution is 9.10. The minimum Gasteiger partial charge on any atom is -0.340 e. The van der Waals surface area contributed by atoms with Crippen LogP contribution in [0.3, 0.4) is 0 Å². The zero-order valence-electron chi connectivity index (χ0n) is 8.71. The number of halogens is 2. The maximum Gasteiger partial charge on any atom is 0.240 e. The van der Waals surface area contributed by atoms with Crippen LogP contribution < -0.4 is 0 Å². The quantitative estimate of drug-likeness (QED) is 0.784. The van der Waals surface area contributed by atoms with Gasteiger partial charge in [0.15, 0.2) is 0 Å². The van der Waals surface area contributed by atoms with Crippen LogP contribution in [0, 0.1) is 0 Å². The smallest absolute Gasteiger partial charge is 0.240 e. The number of hydrogen-bond acceptors (Lipinski definition) is 1. The van der Waals surface area contributed by atoms with Gasteiger partial charge in [0.05, 0.1) is 0 Å². The summed E-state index contributed by atoms with van der Waals surface area (Å²) in [5.41, 5.74) is 1.09. The van der Waals surface area contributed by atoms with Crippen molar-refractivity contribution in [3.8, 4) is 0 Å². The maximum atomic E-state index is 11.5. The van der Waals surface area contributed by atoms with E-state index in [-0.39, 0.29) is 5.91 Å². The van der Waals surface area contributed by atoms with Crippen LogP contribution >= 0.6 is 27.5 Å². The molecular formula is C11H13BrClNO. The summed E-state index contributed by atoms with van der Waals surface area (Å²) in [6.45, 7) is 2.27. The third-order valence-corrected chi connectivity index (χ3v) is 2.76. The molecule has 0 aliphatic carbocycles. The van der Waals surface area contributed by atoms with E-state index < -0.39 is 5.38 Å². The van der Waals surface area contributed by atoms with E-state index in [0.717, 1.165) is 10.0 Å². The van der Waals surface area contributed by atoms with E-state index in [1.807, 2.05) is 24.3 Å². The average molecular weight is 291 g/mol. The number of alkyl halides is 1. The van der Waals surface area contributed by atoms with Gasteiger partial charge < -0.3 is 4.90 Å². The van der Waals surface area contributed by atoms with Gasteiger partial charge in [0.2, 0.25) is 5.91 Å². The highest BCUT2D eigenvalue weighted by Gasteiger charge is 2.14. The minimum atomic E-state index is -0.467. The summed E-state index contributed by atoms with van der Waals surface area (Å²) in [6, 6.07) is 7.87. The van der Waals surface area contributed by atoms with Gasteiger partial charge in [-0.3, -0.25) is 4.79 Å². The first kappa shape index (κ1) is 12.5. The molecule has 15 heavy (non-hydrogen) atoms. The number of carbonyl (C=O) groups excluding carboxylic acids is 1. The minimum absolute atomic E-state index is 0.0559. The lowest BCUT2D eigenvalue weighted by Crippen LogP contribution is -2.31. The summed E-state index contributed by atoms with van der Waals surface area (Å²) >= 11 is 9.08. The fourth-order valence-electron chi connectivity index (χ4n) is 1.25. The van der Waals surface area contributed by atoms with E-state index in [0.29, 0.717) is 6.54 Å². The normalized spacial score (nSPS) is 12.3. The standard InChI is InChI=1S/C11H13BrClNO/c1-8(13)11(15)14(2)7-9-3-5-10(12)6-4-9/h3-6,8H,7H2,1-2H3/t8-/m1/s1. The Balaban J connectivity index is 2.62. The Morgan fingerprint density at radius 3 is 2.47 bits per heavy atom. The van der Waals surface area contributed by atoms with E-state index in [9.17, 15) is 4.79 Å². The average Bonchev–Trinajstić information content (AvgIpc) is 2.20. The van der Waals surface area contributed by atoms with E-state index in [1.165, 1.54) is 0 Å². The molecule has 2 nitrogen and oxygen atoms in total. The molecule has 1 rings (SSSR count). The van der Waals surface area contributed by atoms with Crippen LogP contribution in [0.25, 0.3) is 0 Å². The molecule has 0 aromatic heterocycles. The van der Waals surface area contributed by atoms with Crippen LogP contribution in [0.1, 0.15) is 12.5 Å². The molecule has 82 valence electrons. The lowest BCUT2D eigenvalue weighted by Gasteiger charge is -2.18. The van der Waals surface area contributed by atoms with Crippen LogP contribution in [-0.4, -0.2) is 23.2 Å². The molecule has 1 amide bonds. The molecule has 1 aromatic carbocycles. The van der Waals surface area contributed by atoms with E-state index in [1.54, 1.807) is 18.9 Å². The summed E-state index contributed by atoms with van der Waals surface area (Å²) in [5, 5.41) is -0.467. The third kappa shape index (κ3) is 3.84. The monoisotopic (exact) mass is 289 g/mol. The molecule has 0 bridgehead atoms. The Labute approximate surface area is 103 Å². The van der Waals surface area contributed by atoms with Crippen molar-refractivity contribution >= 4 is 33.4 Å². The number of hydrogen-bond donors (Lipinski definition) is 0. The highest BCUT2D eigenvalue weighted by atomic mass is 79.9. The molecule has 0 heterocycles. The molecule has 0 aliphatic rings. The summed E-state index contributed by atoms with van der Waals surface area (Å²) in [4.78, 5) is 13.1. The molecule has 0 radical (unpaired) electrons. The van der Waals surface area contributed by atoms with Crippen molar-refractivity contribution in [2.24, 2.45) is 0 Å². The third-order valence-electron chi connectivity index (χ3n) is 2.05. The molecule has 0 N–H and O–H groups in total. The van der Waals surface area contributed by atoms with Crippen molar-refractivity contribution in [3.05, 3.63) is 34.3 Å². The van der Waals surface area contributed by atoms with Gasteiger partial charge in [-0.2, -0.15) is 0 Å². The second-order valence-corrected chi connectivity index (χ2v) is 5.01. The molecule has 1 aromatic rings. The van der Waals surface area contributed by atoms with Gasteiger partial charge in [-0.05, 0) is 24.6 Å². The first-order chi connectivity index (χ1) is 7.00. The molecule has 4 heteroatoms. The van der Waals surface area contributed by atoms with Crippen molar-refractivity contribution in [2.75, 3.05) is 7.05 Å². The van der Waals surface area contributed by atoms with Crippen LogP contribution in [0.5, 0.6) is 0 Å². The fraction of sp³-hybridized carbons (Fsp3) is 0.364. The summed E-state index contributed by atoms with van der Waals surface area (Å²) in [7, 11) is 1.75. The lowest BCUT2D eigenvalue weighted by atomic mass is 10.2. The Morgan fingerprint density at radius 1 is 1.47 bits per heavy atom. The van der Waals surface area contributed by atoms with E-state index >= 15 is 0 Å². The van der Waals surface area contributed by atoms with Gasteiger partial charge >= 0.3 is 0 Å². The molecule has 0 saturated heterocycles. The van der Waals surface area contributed by atoms with Crippen LogP contribution in [-0.2, 0) is 11.3 Å². The Hall–Kier alpha value is -0.540. The Morgan fingerprint density at radius 2 is 2.00 bits per heavy atom. The molecular weight excluding hydrogens is 277 g/mol. The van der Waals surface area contributed by atoms with Gasteiger partial charge in [0.25, 0.3) is 0 Å². The molecule has 0 unspecified atom stereocenters. The number of nitrogens with zero attached hydrogens (tertiary/aromatic N) is 1.